The van der Waals surface area contributed by atoms with Crippen LogP contribution in [0.3, 0.4) is 0 Å². The van der Waals surface area contributed by atoms with Gasteiger partial charge in [0.05, 0.1) is 6.20 Å². The Balaban J connectivity index is 1.73. The van der Waals surface area contributed by atoms with Crippen molar-refractivity contribution in [3.8, 4) is 5.82 Å². The maximum absolute atomic E-state index is 12.7. The van der Waals surface area contributed by atoms with Crippen LogP contribution in [0.1, 0.15) is 28.7 Å². The minimum absolute atomic E-state index is 0.108. The second-order valence-electron chi connectivity index (χ2n) is 6.50. The summed E-state index contributed by atoms with van der Waals surface area (Å²) in [5, 5.41) is 11.5. The third-order valence-electron chi connectivity index (χ3n) is 4.30. The lowest BCUT2D eigenvalue weighted by atomic mass is 10.1. The van der Waals surface area contributed by atoms with Crippen LogP contribution in [0.5, 0.6) is 0 Å². The zero-order chi connectivity index (χ0) is 18.0. The van der Waals surface area contributed by atoms with Gasteiger partial charge >= 0.3 is 0 Å². The molecular formula is C18H24N6O. The summed E-state index contributed by atoms with van der Waals surface area (Å²) in [5.41, 5.74) is 2.72. The number of aryl methyl sites for hydroxylation is 3. The third kappa shape index (κ3) is 3.50. The first-order valence-electron chi connectivity index (χ1n) is 8.40. The molecule has 0 saturated heterocycles. The predicted molar refractivity (Wildman–Crippen MR) is 95.7 cm³/mol. The second kappa shape index (κ2) is 6.96. The molecule has 3 rings (SSSR count). The molecule has 132 valence electrons. The number of hydrogen-bond acceptors (Lipinski definition) is 3. The summed E-state index contributed by atoms with van der Waals surface area (Å²) in [6.07, 6.45) is 5.31. The topological polar surface area (TPSA) is 69.7 Å². The fourth-order valence-corrected chi connectivity index (χ4v) is 3.01. The highest BCUT2D eigenvalue weighted by atomic mass is 16.1. The monoisotopic (exact) mass is 340 g/mol. The number of carbonyl (C=O) groups is 1. The van der Waals surface area contributed by atoms with E-state index in [-0.39, 0.29) is 11.8 Å². The first-order chi connectivity index (χ1) is 12.0. The van der Waals surface area contributed by atoms with E-state index in [1.165, 1.54) is 0 Å². The van der Waals surface area contributed by atoms with Crippen molar-refractivity contribution in [3.63, 3.8) is 0 Å². The lowest BCUT2D eigenvalue weighted by Gasteiger charge is -2.15. The normalized spacial score (nSPS) is 12.3. The molecule has 0 aromatic carbocycles. The molecule has 0 aliphatic rings. The minimum Gasteiger partial charge on any atom is -0.352 e. The van der Waals surface area contributed by atoms with E-state index in [1.54, 1.807) is 17.1 Å². The van der Waals surface area contributed by atoms with Crippen LogP contribution in [-0.4, -0.2) is 36.6 Å². The van der Waals surface area contributed by atoms with Crippen molar-refractivity contribution >= 4 is 5.91 Å². The number of aromatic nitrogens is 5. The van der Waals surface area contributed by atoms with Crippen molar-refractivity contribution in [2.45, 2.75) is 27.3 Å². The van der Waals surface area contributed by atoms with Crippen molar-refractivity contribution in [2.75, 3.05) is 6.54 Å². The van der Waals surface area contributed by atoms with Crippen LogP contribution in [0.4, 0.5) is 0 Å². The highest BCUT2D eigenvalue weighted by Crippen LogP contribution is 2.19. The standard InChI is InChI=1S/C18H24N6O/c1-13(12-23-9-5-8-20-23)10-19-17(25)16-11-21-22(4)18(16)24-14(2)6-7-15(24)3/h5-9,11,13H,10,12H2,1-4H3,(H,19,25)/t13-/m0/s1. The Morgan fingerprint density at radius 1 is 1.24 bits per heavy atom. The molecule has 0 aliphatic heterocycles. The van der Waals surface area contributed by atoms with E-state index in [2.05, 4.69) is 27.0 Å². The summed E-state index contributed by atoms with van der Waals surface area (Å²) in [4.78, 5) is 12.7. The van der Waals surface area contributed by atoms with Gasteiger partial charge in [0.2, 0.25) is 0 Å². The van der Waals surface area contributed by atoms with Gasteiger partial charge in [-0.15, -0.1) is 0 Å². The molecule has 25 heavy (non-hydrogen) atoms. The summed E-state index contributed by atoms with van der Waals surface area (Å²) in [6.45, 7) is 7.48. The van der Waals surface area contributed by atoms with Crippen molar-refractivity contribution in [1.29, 1.82) is 0 Å². The van der Waals surface area contributed by atoms with Gasteiger partial charge in [-0.2, -0.15) is 10.2 Å². The second-order valence-corrected chi connectivity index (χ2v) is 6.50. The zero-order valence-corrected chi connectivity index (χ0v) is 15.1. The van der Waals surface area contributed by atoms with Gasteiger partial charge in [0, 0.05) is 43.9 Å². The van der Waals surface area contributed by atoms with E-state index >= 15 is 0 Å². The molecule has 1 atom stereocenters. The molecule has 0 aliphatic carbocycles. The smallest absolute Gasteiger partial charge is 0.256 e. The van der Waals surface area contributed by atoms with Crippen molar-refractivity contribution in [1.82, 2.24) is 29.4 Å². The summed E-state index contributed by atoms with van der Waals surface area (Å²) < 4.78 is 5.66. The van der Waals surface area contributed by atoms with Crippen LogP contribution >= 0.6 is 0 Å². The predicted octanol–water partition coefficient (Wildman–Crippen LogP) is 2.09. The number of carbonyl (C=O) groups excluding carboxylic acids is 1. The lowest BCUT2D eigenvalue weighted by molar-refractivity contribution is 0.0946. The van der Waals surface area contributed by atoms with E-state index in [0.29, 0.717) is 12.1 Å². The summed E-state index contributed by atoms with van der Waals surface area (Å²) >= 11 is 0. The van der Waals surface area contributed by atoms with E-state index in [1.807, 2.05) is 50.0 Å². The van der Waals surface area contributed by atoms with Gasteiger partial charge in [0.25, 0.3) is 5.91 Å². The summed E-state index contributed by atoms with van der Waals surface area (Å²) in [5.74, 6) is 0.958. The van der Waals surface area contributed by atoms with Crippen LogP contribution in [0, 0.1) is 19.8 Å². The number of rotatable bonds is 6. The molecule has 0 fully saturated rings. The molecule has 7 nitrogen and oxygen atoms in total. The number of amides is 1. The molecule has 0 saturated carbocycles. The first-order valence-corrected chi connectivity index (χ1v) is 8.40. The highest BCUT2D eigenvalue weighted by Gasteiger charge is 2.20. The molecule has 7 heteroatoms. The van der Waals surface area contributed by atoms with Crippen LogP contribution < -0.4 is 5.32 Å². The van der Waals surface area contributed by atoms with E-state index < -0.39 is 0 Å². The molecule has 3 aromatic rings. The fourth-order valence-electron chi connectivity index (χ4n) is 3.01. The van der Waals surface area contributed by atoms with Gasteiger partial charge in [0.15, 0.2) is 0 Å². The molecule has 0 unspecified atom stereocenters. The number of hydrogen-bond donors (Lipinski definition) is 1. The summed E-state index contributed by atoms with van der Waals surface area (Å²) in [7, 11) is 1.85. The third-order valence-corrected chi connectivity index (χ3v) is 4.30. The highest BCUT2D eigenvalue weighted by molar-refractivity contribution is 5.97. The zero-order valence-electron chi connectivity index (χ0n) is 15.1. The Kier molecular flexibility index (Phi) is 4.74. The molecule has 3 heterocycles. The molecule has 1 N–H and O–H groups in total. The van der Waals surface area contributed by atoms with E-state index in [0.717, 1.165) is 23.8 Å². The molecule has 0 bridgehead atoms. The van der Waals surface area contributed by atoms with Gasteiger partial charge < -0.3 is 9.88 Å². The van der Waals surface area contributed by atoms with Gasteiger partial charge in [0.1, 0.15) is 11.4 Å². The molecule has 1 amide bonds. The lowest BCUT2D eigenvalue weighted by Crippen LogP contribution is -2.30. The Morgan fingerprint density at radius 3 is 2.60 bits per heavy atom. The molecular weight excluding hydrogens is 316 g/mol. The Morgan fingerprint density at radius 2 is 1.96 bits per heavy atom. The molecule has 0 spiro atoms. The Hall–Kier alpha value is -2.83. The summed E-state index contributed by atoms with van der Waals surface area (Å²) in [6, 6.07) is 5.97. The van der Waals surface area contributed by atoms with Crippen molar-refractivity contribution < 1.29 is 4.79 Å². The van der Waals surface area contributed by atoms with Gasteiger partial charge in [-0.25, -0.2) is 0 Å². The van der Waals surface area contributed by atoms with Crippen LogP contribution in [0.2, 0.25) is 0 Å². The van der Waals surface area contributed by atoms with Gasteiger partial charge in [-0.3, -0.25) is 14.2 Å². The van der Waals surface area contributed by atoms with Crippen LogP contribution in [-0.2, 0) is 13.6 Å². The first kappa shape index (κ1) is 17.0. The number of nitrogens with one attached hydrogen (secondary N) is 1. The van der Waals surface area contributed by atoms with Crippen LogP contribution in [0.25, 0.3) is 5.82 Å². The Labute approximate surface area is 147 Å². The molecule has 3 aromatic heterocycles. The van der Waals surface area contributed by atoms with Gasteiger partial charge in [-0.1, -0.05) is 6.92 Å². The van der Waals surface area contributed by atoms with E-state index in [4.69, 9.17) is 0 Å². The van der Waals surface area contributed by atoms with E-state index in [9.17, 15) is 4.79 Å². The molecule has 0 radical (unpaired) electrons. The van der Waals surface area contributed by atoms with Crippen molar-refractivity contribution in [2.24, 2.45) is 13.0 Å². The van der Waals surface area contributed by atoms with Gasteiger partial charge in [-0.05, 0) is 38.0 Å². The average Bonchev–Trinajstić information content (AvgIpc) is 3.28. The van der Waals surface area contributed by atoms with Crippen LogP contribution in [0.15, 0.2) is 36.8 Å². The maximum atomic E-state index is 12.7. The Bertz CT molecular complexity index is 839. The quantitative estimate of drug-likeness (QED) is 0.747. The van der Waals surface area contributed by atoms with Crippen molar-refractivity contribution in [3.05, 3.63) is 53.7 Å². The minimum atomic E-state index is -0.108. The maximum Gasteiger partial charge on any atom is 0.256 e. The fraction of sp³-hybridized carbons (Fsp3) is 0.389. The SMILES string of the molecule is Cc1ccc(C)n1-c1c(C(=O)NC[C@H](C)Cn2cccn2)cnn1C. The largest absolute Gasteiger partial charge is 0.352 e. The average molecular weight is 340 g/mol. The number of nitrogens with zero attached hydrogens (tertiary/aromatic N) is 5.